The molecule has 2 nitrogen and oxygen atoms in total. The zero-order valence-electron chi connectivity index (χ0n) is 7.54. The van der Waals surface area contributed by atoms with E-state index in [4.69, 9.17) is 5.73 Å². The Kier molecular flexibility index (Phi) is 2.71. The minimum atomic E-state index is 0.144. The molecule has 1 aromatic rings. The summed E-state index contributed by atoms with van der Waals surface area (Å²) in [5, 5.41) is 9.21. The van der Waals surface area contributed by atoms with Crippen LogP contribution in [-0.2, 0) is 6.42 Å². The maximum absolute atomic E-state index is 9.21. The number of phenolic OH excluding ortho intramolecular Hbond substituents is 1. The maximum atomic E-state index is 9.21. The van der Waals surface area contributed by atoms with Gasteiger partial charge in [-0.15, -0.1) is 0 Å². The number of hydrogen-bond donors (Lipinski definition) is 2. The second-order valence-corrected chi connectivity index (χ2v) is 3.29. The summed E-state index contributed by atoms with van der Waals surface area (Å²) in [5.74, 6) is 0.316. The average Bonchev–Trinajstić information content (AvgIpc) is 1.96. The molecule has 1 atom stereocenters. The number of aryl methyl sites for hydroxylation is 1. The third-order valence-corrected chi connectivity index (χ3v) is 1.87. The fourth-order valence-corrected chi connectivity index (χ4v) is 1.22. The Labute approximate surface area is 73.0 Å². The Balaban J connectivity index is 2.90. The number of rotatable bonds is 2. The van der Waals surface area contributed by atoms with Crippen LogP contribution < -0.4 is 5.73 Å². The van der Waals surface area contributed by atoms with Crippen molar-refractivity contribution in [3.05, 3.63) is 29.3 Å². The molecular formula is C10H15NO. The van der Waals surface area contributed by atoms with Crippen LogP contribution in [0.4, 0.5) is 0 Å². The molecule has 1 aromatic carbocycles. The lowest BCUT2D eigenvalue weighted by atomic mass is 10.0. The number of phenols is 1. The molecule has 0 bridgehead atoms. The monoisotopic (exact) mass is 165 g/mol. The zero-order valence-corrected chi connectivity index (χ0v) is 7.54. The van der Waals surface area contributed by atoms with Gasteiger partial charge in [-0.05, 0) is 43.5 Å². The van der Waals surface area contributed by atoms with Crippen molar-refractivity contribution >= 4 is 0 Å². The first-order valence-electron chi connectivity index (χ1n) is 4.13. The van der Waals surface area contributed by atoms with E-state index in [0.717, 1.165) is 12.0 Å². The van der Waals surface area contributed by atoms with Gasteiger partial charge in [0.1, 0.15) is 5.75 Å². The summed E-state index contributed by atoms with van der Waals surface area (Å²) in [5.41, 5.74) is 7.98. The lowest BCUT2D eigenvalue weighted by Gasteiger charge is -2.08. The van der Waals surface area contributed by atoms with Gasteiger partial charge in [0.25, 0.3) is 0 Å². The van der Waals surface area contributed by atoms with Gasteiger partial charge in [-0.1, -0.05) is 6.07 Å². The third-order valence-electron chi connectivity index (χ3n) is 1.87. The maximum Gasteiger partial charge on any atom is 0.115 e. The van der Waals surface area contributed by atoms with Crippen LogP contribution in [0.3, 0.4) is 0 Å². The van der Waals surface area contributed by atoms with Crippen molar-refractivity contribution in [2.75, 3.05) is 0 Å². The number of nitrogens with two attached hydrogens (primary N) is 1. The molecule has 1 unspecified atom stereocenters. The molecule has 0 heterocycles. The zero-order chi connectivity index (χ0) is 9.14. The molecule has 0 amide bonds. The van der Waals surface area contributed by atoms with Gasteiger partial charge < -0.3 is 10.8 Å². The summed E-state index contributed by atoms with van der Waals surface area (Å²) in [6.07, 6.45) is 0.820. The van der Waals surface area contributed by atoms with Crippen LogP contribution in [0.25, 0.3) is 0 Å². The highest BCUT2D eigenvalue weighted by atomic mass is 16.3. The van der Waals surface area contributed by atoms with Gasteiger partial charge in [-0.2, -0.15) is 0 Å². The topological polar surface area (TPSA) is 46.2 Å². The van der Waals surface area contributed by atoms with E-state index in [0.29, 0.717) is 5.75 Å². The van der Waals surface area contributed by atoms with Gasteiger partial charge >= 0.3 is 0 Å². The van der Waals surface area contributed by atoms with Crippen molar-refractivity contribution in [1.82, 2.24) is 0 Å². The first-order chi connectivity index (χ1) is 5.59. The summed E-state index contributed by atoms with van der Waals surface area (Å²) < 4.78 is 0. The van der Waals surface area contributed by atoms with E-state index in [1.807, 2.05) is 19.9 Å². The Bertz CT molecular complexity index is 269. The smallest absolute Gasteiger partial charge is 0.115 e. The third kappa shape index (κ3) is 2.24. The Morgan fingerprint density at radius 3 is 2.75 bits per heavy atom. The molecule has 1 rings (SSSR count). The summed E-state index contributed by atoms with van der Waals surface area (Å²) in [7, 11) is 0. The van der Waals surface area contributed by atoms with E-state index in [9.17, 15) is 5.11 Å². The average molecular weight is 165 g/mol. The number of aromatic hydroxyl groups is 1. The van der Waals surface area contributed by atoms with Gasteiger partial charge in [0.2, 0.25) is 0 Å². The van der Waals surface area contributed by atoms with E-state index in [2.05, 4.69) is 0 Å². The number of hydrogen-bond acceptors (Lipinski definition) is 2. The molecule has 66 valence electrons. The molecular weight excluding hydrogens is 150 g/mol. The van der Waals surface area contributed by atoms with E-state index < -0.39 is 0 Å². The molecule has 0 fully saturated rings. The van der Waals surface area contributed by atoms with Crippen LogP contribution >= 0.6 is 0 Å². The van der Waals surface area contributed by atoms with Crippen LogP contribution in [0, 0.1) is 6.92 Å². The second-order valence-electron chi connectivity index (χ2n) is 3.29. The van der Waals surface area contributed by atoms with Crippen LogP contribution in [0.1, 0.15) is 18.1 Å². The van der Waals surface area contributed by atoms with E-state index >= 15 is 0 Å². The first-order valence-corrected chi connectivity index (χ1v) is 4.13. The molecule has 0 aliphatic carbocycles. The highest BCUT2D eigenvalue weighted by Crippen LogP contribution is 2.16. The summed E-state index contributed by atoms with van der Waals surface area (Å²) in [6.45, 7) is 3.99. The summed E-state index contributed by atoms with van der Waals surface area (Å²) >= 11 is 0. The summed E-state index contributed by atoms with van der Waals surface area (Å²) in [6, 6.07) is 5.52. The highest BCUT2D eigenvalue weighted by molar-refractivity contribution is 5.34. The highest BCUT2D eigenvalue weighted by Gasteiger charge is 2.02. The molecule has 0 saturated carbocycles. The van der Waals surface area contributed by atoms with Gasteiger partial charge in [0.05, 0.1) is 0 Å². The van der Waals surface area contributed by atoms with Crippen LogP contribution in [0.5, 0.6) is 5.75 Å². The largest absolute Gasteiger partial charge is 0.508 e. The van der Waals surface area contributed by atoms with Crippen LogP contribution in [0.15, 0.2) is 18.2 Å². The van der Waals surface area contributed by atoms with Gasteiger partial charge in [-0.25, -0.2) is 0 Å². The molecule has 0 aromatic heterocycles. The van der Waals surface area contributed by atoms with Crippen LogP contribution in [0.2, 0.25) is 0 Å². The molecule has 3 N–H and O–H groups in total. The van der Waals surface area contributed by atoms with Gasteiger partial charge in [-0.3, -0.25) is 0 Å². The lowest BCUT2D eigenvalue weighted by molar-refractivity contribution is 0.474. The molecule has 0 saturated heterocycles. The second kappa shape index (κ2) is 3.59. The number of benzene rings is 1. The Morgan fingerprint density at radius 1 is 1.50 bits per heavy atom. The van der Waals surface area contributed by atoms with E-state index in [-0.39, 0.29) is 6.04 Å². The minimum Gasteiger partial charge on any atom is -0.508 e. The molecule has 2 heteroatoms. The molecule has 0 spiro atoms. The van der Waals surface area contributed by atoms with E-state index in [1.165, 1.54) is 5.56 Å². The predicted molar refractivity (Wildman–Crippen MR) is 50.2 cm³/mol. The fraction of sp³-hybridized carbons (Fsp3) is 0.400. The fourth-order valence-electron chi connectivity index (χ4n) is 1.22. The van der Waals surface area contributed by atoms with Gasteiger partial charge in [0, 0.05) is 6.04 Å². The SMILES string of the molecule is Cc1ccc(O)cc1CC(C)N. The van der Waals surface area contributed by atoms with Crippen LogP contribution in [-0.4, -0.2) is 11.1 Å². The van der Waals surface area contributed by atoms with E-state index in [1.54, 1.807) is 12.1 Å². The molecule has 12 heavy (non-hydrogen) atoms. The molecule has 0 aliphatic rings. The van der Waals surface area contributed by atoms with Gasteiger partial charge in [0.15, 0.2) is 0 Å². The standard InChI is InChI=1S/C10H15NO/c1-7-3-4-10(12)6-9(7)5-8(2)11/h3-4,6,8,12H,5,11H2,1-2H3. The normalized spacial score (nSPS) is 12.9. The quantitative estimate of drug-likeness (QED) is 0.699. The summed E-state index contributed by atoms with van der Waals surface area (Å²) in [4.78, 5) is 0. The Hall–Kier alpha value is -1.02. The lowest BCUT2D eigenvalue weighted by Crippen LogP contribution is -2.18. The van der Waals surface area contributed by atoms with Crippen molar-refractivity contribution < 1.29 is 5.11 Å². The van der Waals surface area contributed by atoms with Crippen molar-refractivity contribution in [2.24, 2.45) is 5.73 Å². The minimum absolute atomic E-state index is 0.144. The van der Waals surface area contributed by atoms with Crippen molar-refractivity contribution in [1.29, 1.82) is 0 Å². The Morgan fingerprint density at radius 2 is 2.17 bits per heavy atom. The van der Waals surface area contributed by atoms with Crippen molar-refractivity contribution in [2.45, 2.75) is 26.3 Å². The molecule has 0 radical (unpaired) electrons. The first kappa shape index (κ1) is 9.07. The van der Waals surface area contributed by atoms with Crippen molar-refractivity contribution in [3.8, 4) is 5.75 Å². The van der Waals surface area contributed by atoms with Crippen molar-refractivity contribution in [3.63, 3.8) is 0 Å². The predicted octanol–water partition coefficient (Wildman–Crippen LogP) is 1.59. The molecule has 0 aliphatic heterocycles.